The van der Waals surface area contributed by atoms with E-state index in [0.717, 1.165) is 39.0 Å². The molecular formula is C21H26N2O. The first-order valence-corrected chi connectivity index (χ1v) is 9.02. The lowest BCUT2D eigenvalue weighted by molar-refractivity contribution is 0.0445. The maximum atomic E-state index is 10.1. The molecule has 126 valence electrons. The number of benzene rings is 2. The van der Waals surface area contributed by atoms with Gasteiger partial charge in [-0.25, -0.2) is 0 Å². The first kappa shape index (κ1) is 15.8. The Kier molecular flexibility index (Phi) is 4.65. The Hall–Kier alpha value is -1.68. The Bertz CT molecular complexity index is 588. The zero-order chi connectivity index (χ0) is 16.4. The van der Waals surface area contributed by atoms with E-state index >= 15 is 0 Å². The van der Waals surface area contributed by atoms with Gasteiger partial charge in [0, 0.05) is 38.3 Å². The van der Waals surface area contributed by atoms with E-state index < -0.39 is 0 Å². The molecule has 0 amide bonds. The lowest BCUT2D eigenvalue weighted by Crippen LogP contribution is -2.56. The molecule has 0 unspecified atom stereocenters. The molecule has 2 heterocycles. The quantitative estimate of drug-likeness (QED) is 0.937. The molecule has 2 aliphatic rings. The van der Waals surface area contributed by atoms with Crippen molar-refractivity contribution in [3.05, 3.63) is 71.8 Å². The fourth-order valence-corrected chi connectivity index (χ4v) is 4.27. The Balaban J connectivity index is 1.52. The molecule has 4 rings (SSSR count). The molecule has 0 spiro atoms. The van der Waals surface area contributed by atoms with Crippen LogP contribution in [0.15, 0.2) is 60.7 Å². The van der Waals surface area contributed by atoms with Crippen molar-refractivity contribution in [1.82, 2.24) is 9.80 Å². The van der Waals surface area contributed by atoms with Crippen LogP contribution in [0.25, 0.3) is 0 Å². The van der Waals surface area contributed by atoms with Gasteiger partial charge in [-0.3, -0.25) is 9.80 Å². The van der Waals surface area contributed by atoms with Crippen LogP contribution in [0.1, 0.15) is 17.5 Å². The highest BCUT2D eigenvalue weighted by Gasteiger charge is 2.39. The minimum atomic E-state index is -0.149. The molecule has 0 bridgehead atoms. The predicted molar refractivity (Wildman–Crippen MR) is 96.8 cm³/mol. The smallest absolute Gasteiger partial charge is 0.0682 e. The van der Waals surface area contributed by atoms with E-state index in [2.05, 4.69) is 70.5 Å². The van der Waals surface area contributed by atoms with Crippen molar-refractivity contribution >= 4 is 0 Å². The average Bonchev–Trinajstić information content (AvgIpc) is 2.96. The molecule has 0 aromatic heterocycles. The second-order valence-electron chi connectivity index (χ2n) is 7.26. The lowest BCUT2D eigenvalue weighted by atomic mass is 9.99. The van der Waals surface area contributed by atoms with Gasteiger partial charge >= 0.3 is 0 Å². The van der Waals surface area contributed by atoms with Crippen molar-refractivity contribution in [2.75, 3.05) is 19.6 Å². The van der Waals surface area contributed by atoms with Gasteiger partial charge < -0.3 is 5.11 Å². The van der Waals surface area contributed by atoms with Crippen LogP contribution in [0, 0.1) is 0 Å². The van der Waals surface area contributed by atoms with Crippen LogP contribution < -0.4 is 0 Å². The van der Waals surface area contributed by atoms with E-state index in [0.29, 0.717) is 12.1 Å². The Morgan fingerprint density at radius 3 is 2.21 bits per heavy atom. The standard InChI is InChI=1S/C21H26N2O/c24-21-12-20-15-22(13-18-9-5-2-6-10-18)19(14-23(20)16-21)11-17-7-3-1-4-8-17/h1-10,19-21,24H,11-16H2/t19-,20+,21-/m1/s1. The second-order valence-corrected chi connectivity index (χ2v) is 7.26. The highest BCUT2D eigenvalue weighted by molar-refractivity contribution is 5.18. The molecule has 24 heavy (non-hydrogen) atoms. The number of piperazine rings is 1. The number of rotatable bonds is 4. The molecule has 2 aromatic rings. The number of fused-ring (bicyclic) bond motifs is 1. The highest BCUT2D eigenvalue weighted by Crippen LogP contribution is 2.27. The van der Waals surface area contributed by atoms with E-state index in [1.807, 2.05) is 0 Å². The lowest BCUT2D eigenvalue weighted by Gasteiger charge is -2.43. The Labute approximate surface area is 144 Å². The third-order valence-electron chi connectivity index (χ3n) is 5.46. The van der Waals surface area contributed by atoms with Crippen molar-refractivity contribution in [3.8, 4) is 0 Å². The summed E-state index contributed by atoms with van der Waals surface area (Å²) in [6.45, 7) is 3.96. The second kappa shape index (κ2) is 7.06. The third kappa shape index (κ3) is 3.54. The fourth-order valence-electron chi connectivity index (χ4n) is 4.27. The van der Waals surface area contributed by atoms with E-state index in [1.54, 1.807) is 0 Å². The van der Waals surface area contributed by atoms with Crippen molar-refractivity contribution in [2.45, 2.75) is 37.6 Å². The molecule has 3 heteroatoms. The van der Waals surface area contributed by atoms with E-state index in [4.69, 9.17) is 0 Å². The molecule has 3 atom stereocenters. The summed E-state index contributed by atoms with van der Waals surface area (Å²) >= 11 is 0. The summed E-state index contributed by atoms with van der Waals surface area (Å²) < 4.78 is 0. The summed E-state index contributed by atoms with van der Waals surface area (Å²) in [5.74, 6) is 0. The number of nitrogens with zero attached hydrogens (tertiary/aromatic N) is 2. The number of hydrogen-bond acceptors (Lipinski definition) is 3. The van der Waals surface area contributed by atoms with E-state index in [9.17, 15) is 5.11 Å². The summed E-state index contributed by atoms with van der Waals surface area (Å²) in [7, 11) is 0. The van der Waals surface area contributed by atoms with Crippen molar-refractivity contribution < 1.29 is 5.11 Å². The van der Waals surface area contributed by atoms with Crippen LogP contribution >= 0.6 is 0 Å². The SMILES string of the molecule is O[C@@H]1C[C@H]2CN(Cc3ccccc3)[C@H](Cc3ccccc3)CN2C1. The minimum Gasteiger partial charge on any atom is -0.392 e. The molecule has 2 fully saturated rings. The molecule has 2 aliphatic heterocycles. The maximum Gasteiger partial charge on any atom is 0.0682 e. The summed E-state index contributed by atoms with van der Waals surface area (Å²) in [5, 5.41) is 10.1. The van der Waals surface area contributed by atoms with Crippen LogP contribution in [0.3, 0.4) is 0 Å². The molecule has 0 radical (unpaired) electrons. The topological polar surface area (TPSA) is 26.7 Å². The average molecular weight is 322 g/mol. The van der Waals surface area contributed by atoms with Gasteiger partial charge in [0.2, 0.25) is 0 Å². The van der Waals surface area contributed by atoms with Crippen molar-refractivity contribution in [1.29, 1.82) is 0 Å². The zero-order valence-corrected chi connectivity index (χ0v) is 14.1. The molecule has 2 saturated heterocycles. The van der Waals surface area contributed by atoms with Crippen molar-refractivity contribution in [2.24, 2.45) is 0 Å². The van der Waals surface area contributed by atoms with Gasteiger partial charge in [-0.1, -0.05) is 60.7 Å². The van der Waals surface area contributed by atoms with E-state index in [-0.39, 0.29) is 6.10 Å². The Morgan fingerprint density at radius 1 is 0.833 bits per heavy atom. The van der Waals surface area contributed by atoms with Gasteiger partial charge in [-0.2, -0.15) is 0 Å². The number of hydrogen-bond donors (Lipinski definition) is 1. The highest BCUT2D eigenvalue weighted by atomic mass is 16.3. The Morgan fingerprint density at radius 2 is 1.50 bits per heavy atom. The van der Waals surface area contributed by atoms with Gasteiger partial charge in [0.05, 0.1) is 6.10 Å². The predicted octanol–water partition coefficient (Wildman–Crippen LogP) is 2.55. The van der Waals surface area contributed by atoms with Gasteiger partial charge in [-0.05, 0) is 24.0 Å². The molecule has 0 saturated carbocycles. The monoisotopic (exact) mass is 322 g/mol. The third-order valence-corrected chi connectivity index (χ3v) is 5.46. The van der Waals surface area contributed by atoms with Crippen molar-refractivity contribution in [3.63, 3.8) is 0 Å². The van der Waals surface area contributed by atoms with Gasteiger partial charge in [0.15, 0.2) is 0 Å². The molecule has 1 N–H and O–H groups in total. The molecule has 0 aliphatic carbocycles. The summed E-state index contributed by atoms with van der Waals surface area (Å²) in [5.41, 5.74) is 2.78. The van der Waals surface area contributed by atoms with Gasteiger partial charge in [-0.15, -0.1) is 0 Å². The number of aliphatic hydroxyl groups excluding tert-OH is 1. The summed E-state index contributed by atoms with van der Waals surface area (Å²) in [6.07, 6.45) is 1.85. The first-order valence-electron chi connectivity index (χ1n) is 9.02. The van der Waals surface area contributed by atoms with Crippen LogP contribution in [0.4, 0.5) is 0 Å². The first-order chi connectivity index (χ1) is 11.8. The van der Waals surface area contributed by atoms with Crippen LogP contribution in [0.2, 0.25) is 0 Å². The largest absolute Gasteiger partial charge is 0.392 e. The minimum absolute atomic E-state index is 0.149. The summed E-state index contributed by atoms with van der Waals surface area (Å²) in [4.78, 5) is 5.13. The normalized spacial score (nSPS) is 28.0. The van der Waals surface area contributed by atoms with Crippen LogP contribution in [-0.2, 0) is 13.0 Å². The fraction of sp³-hybridized carbons (Fsp3) is 0.429. The molecule has 3 nitrogen and oxygen atoms in total. The van der Waals surface area contributed by atoms with Gasteiger partial charge in [0.25, 0.3) is 0 Å². The molecular weight excluding hydrogens is 296 g/mol. The zero-order valence-electron chi connectivity index (χ0n) is 14.1. The van der Waals surface area contributed by atoms with E-state index in [1.165, 1.54) is 11.1 Å². The molecule has 2 aromatic carbocycles. The van der Waals surface area contributed by atoms with Gasteiger partial charge in [0.1, 0.15) is 0 Å². The summed E-state index contributed by atoms with van der Waals surface area (Å²) in [6, 6.07) is 22.6. The maximum absolute atomic E-state index is 10.1. The van der Waals surface area contributed by atoms with Crippen LogP contribution in [-0.4, -0.2) is 52.7 Å². The number of aliphatic hydroxyl groups is 1. The van der Waals surface area contributed by atoms with Crippen LogP contribution in [0.5, 0.6) is 0 Å².